The molecular formula is C25H25ClN4O. The van der Waals surface area contributed by atoms with Crippen LogP contribution in [0.5, 0.6) is 0 Å². The van der Waals surface area contributed by atoms with Gasteiger partial charge in [0.15, 0.2) is 5.65 Å². The smallest absolute Gasteiger partial charge is 0.257 e. The zero-order chi connectivity index (χ0) is 22.1. The first-order valence-corrected chi connectivity index (χ1v) is 10.6. The van der Waals surface area contributed by atoms with E-state index >= 15 is 0 Å². The number of carbonyl (C=O) groups is 1. The Morgan fingerprint density at radius 1 is 1.06 bits per heavy atom. The summed E-state index contributed by atoms with van der Waals surface area (Å²) < 4.78 is 1.77. The van der Waals surface area contributed by atoms with Crippen molar-refractivity contribution in [2.45, 2.75) is 40.7 Å². The van der Waals surface area contributed by atoms with Gasteiger partial charge in [-0.3, -0.25) is 4.79 Å². The van der Waals surface area contributed by atoms with Crippen LogP contribution in [0, 0.1) is 27.7 Å². The average molecular weight is 433 g/mol. The van der Waals surface area contributed by atoms with E-state index in [1.807, 2.05) is 38.1 Å². The van der Waals surface area contributed by atoms with E-state index in [0.29, 0.717) is 22.8 Å². The molecule has 6 heteroatoms. The second-order valence-corrected chi connectivity index (χ2v) is 8.41. The van der Waals surface area contributed by atoms with E-state index in [0.717, 1.165) is 28.9 Å². The second-order valence-electron chi connectivity index (χ2n) is 7.97. The number of nitrogens with zero attached hydrogens (tertiary/aromatic N) is 3. The molecule has 5 nitrogen and oxygen atoms in total. The lowest BCUT2D eigenvalue weighted by Gasteiger charge is -2.14. The first-order chi connectivity index (χ1) is 14.8. The number of nitrogens with one attached hydrogen (secondary N) is 1. The number of hydrogen-bond donors (Lipinski definition) is 1. The fourth-order valence-electron chi connectivity index (χ4n) is 3.79. The van der Waals surface area contributed by atoms with E-state index in [1.165, 1.54) is 16.7 Å². The van der Waals surface area contributed by atoms with Crippen molar-refractivity contribution in [1.29, 1.82) is 0 Å². The third kappa shape index (κ3) is 4.32. The van der Waals surface area contributed by atoms with Gasteiger partial charge in [0.05, 0.1) is 6.20 Å². The minimum atomic E-state index is -0.196. The highest BCUT2D eigenvalue weighted by atomic mass is 35.5. The Hall–Kier alpha value is -3.18. The number of fused-ring (bicyclic) bond motifs is 1. The summed E-state index contributed by atoms with van der Waals surface area (Å²) in [5, 5.41) is 8.08. The molecule has 158 valence electrons. The number of rotatable bonds is 5. The molecule has 0 radical (unpaired) electrons. The van der Waals surface area contributed by atoms with Crippen molar-refractivity contribution in [3.63, 3.8) is 0 Å². The summed E-state index contributed by atoms with van der Waals surface area (Å²) >= 11 is 5.92. The standard InChI is InChI=1S/C25H25ClN4O/c1-15-5-6-16(2)20(11-15)12-22-17(3)29-24-23(14-28-30(24)18(22)4)25(31)27-13-19-7-9-21(26)10-8-19/h5-11,14H,12-13H2,1-4H3,(H,27,31). The fourth-order valence-corrected chi connectivity index (χ4v) is 3.91. The van der Waals surface area contributed by atoms with Crippen LogP contribution in [0.1, 0.15) is 49.6 Å². The topological polar surface area (TPSA) is 59.3 Å². The maximum absolute atomic E-state index is 12.8. The van der Waals surface area contributed by atoms with Gasteiger partial charge in [-0.1, -0.05) is 47.5 Å². The molecule has 0 unspecified atom stereocenters. The number of hydrogen-bond acceptors (Lipinski definition) is 3. The van der Waals surface area contributed by atoms with Crippen LogP contribution >= 0.6 is 11.6 Å². The summed E-state index contributed by atoms with van der Waals surface area (Å²) in [6, 6.07) is 13.9. The molecule has 2 aromatic heterocycles. The van der Waals surface area contributed by atoms with Crippen LogP contribution in [0.2, 0.25) is 5.02 Å². The van der Waals surface area contributed by atoms with E-state index in [9.17, 15) is 4.79 Å². The number of benzene rings is 2. The van der Waals surface area contributed by atoms with Crippen LogP contribution in [-0.2, 0) is 13.0 Å². The van der Waals surface area contributed by atoms with Crippen LogP contribution in [0.15, 0.2) is 48.7 Å². The van der Waals surface area contributed by atoms with Crippen LogP contribution in [0.4, 0.5) is 0 Å². The van der Waals surface area contributed by atoms with Gasteiger partial charge in [-0.05, 0) is 62.1 Å². The van der Waals surface area contributed by atoms with Crippen molar-refractivity contribution in [3.05, 3.63) is 98.5 Å². The number of aromatic nitrogens is 3. The SMILES string of the molecule is Cc1ccc(C)c(Cc2c(C)nc3c(C(=O)NCc4ccc(Cl)cc4)cnn3c2C)c1. The highest BCUT2D eigenvalue weighted by Crippen LogP contribution is 2.22. The van der Waals surface area contributed by atoms with Gasteiger partial charge in [-0.15, -0.1) is 0 Å². The highest BCUT2D eigenvalue weighted by molar-refractivity contribution is 6.30. The normalized spacial score (nSPS) is 11.1. The first kappa shape index (κ1) is 21.1. The maximum atomic E-state index is 12.8. The molecule has 0 atom stereocenters. The van der Waals surface area contributed by atoms with Gasteiger partial charge < -0.3 is 5.32 Å². The van der Waals surface area contributed by atoms with Crippen LogP contribution in [-0.4, -0.2) is 20.5 Å². The summed E-state index contributed by atoms with van der Waals surface area (Å²) in [6.45, 7) is 8.67. The molecule has 0 fully saturated rings. The van der Waals surface area contributed by atoms with Gasteiger partial charge >= 0.3 is 0 Å². The first-order valence-electron chi connectivity index (χ1n) is 10.3. The molecule has 0 aliphatic heterocycles. The average Bonchev–Trinajstić information content (AvgIpc) is 3.17. The minimum absolute atomic E-state index is 0.196. The Kier molecular flexibility index (Phi) is 5.79. The molecule has 1 N–H and O–H groups in total. The molecular weight excluding hydrogens is 408 g/mol. The quantitative estimate of drug-likeness (QED) is 0.475. The molecule has 4 aromatic rings. The summed E-state index contributed by atoms with van der Waals surface area (Å²) in [7, 11) is 0. The molecule has 0 bridgehead atoms. The summed E-state index contributed by atoms with van der Waals surface area (Å²) in [5.74, 6) is -0.196. The van der Waals surface area contributed by atoms with Crippen LogP contribution < -0.4 is 5.32 Å². The van der Waals surface area contributed by atoms with Crippen molar-refractivity contribution in [1.82, 2.24) is 19.9 Å². The predicted octanol–water partition coefficient (Wildman–Crippen LogP) is 5.14. The second kappa shape index (κ2) is 8.52. The van der Waals surface area contributed by atoms with E-state index < -0.39 is 0 Å². The Morgan fingerprint density at radius 3 is 2.55 bits per heavy atom. The lowest BCUT2D eigenvalue weighted by molar-refractivity contribution is 0.0952. The third-order valence-electron chi connectivity index (χ3n) is 5.69. The van der Waals surface area contributed by atoms with Gasteiger partial charge in [0.2, 0.25) is 0 Å². The zero-order valence-electron chi connectivity index (χ0n) is 18.2. The Balaban J connectivity index is 1.62. The van der Waals surface area contributed by atoms with Gasteiger partial charge in [0, 0.05) is 29.4 Å². The molecule has 0 aliphatic carbocycles. The van der Waals surface area contributed by atoms with Crippen LogP contribution in [0.3, 0.4) is 0 Å². The van der Waals surface area contributed by atoms with Gasteiger partial charge in [0.1, 0.15) is 5.56 Å². The minimum Gasteiger partial charge on any atom is -0.348 e. The molecule has 2 aromatic carbocycles. The van der Waals surface area contributed by atoms with Crippen LogP contribution in [0.25, 0.3) is 5.65 Å². The molecule has 0 aliphatic rings. The lowest BCUT2D eigenvalue weighted by atomic mass is 9.97. The maximum Gasteiger partial charge on any atom is 0.257 e. The molecule has 0 spiro atoms. The van der Waals surface area contributed by atoms with Crippen molar-refractivity contribution >= 4 is 23.2 Å². The van der Waals surface area contributed by atoms with E-state index in [1.54, 1.807) is 10.7 Å². The third-order valence-corrected chi connectivity index (χ3v) is 5.94. The monoisotopic (exact) mass is 432 g/mol. The largest absolute Gasteiger partial charge is 0.348 e. The van der Waals surface area contributed by atoms with Crippen molar-refractivity contribution < 1.29 is 4.79 Å². The van der Waals surface area contributed by atoms with Gasteiger partial charge in [0.25, 0.3) is 5.91 Å². The zero-order valence-corrected chi connectivity index (χ0v) is 18.9. The van der Waals surface area contributed by atoms with E-state index in [-0.39, 0.29) is 5.91 Å². The number of halogens is 1. The Morgan fingerprint density at radius 2 is 1.81 bits per heavy atom. The number of amides is 1. The Bertz CT molecular complexity index is 1280. The molecule has 1 amide bonds. The lowest BCUT2D eigenvalue weighted by Crippen LogP contribution is -2.23. The van der Waals surface area contributed by atoms with Gasteiger partial charge in [-0.25, -0.2) is 9.50 Å². The van der Waals surface area contributed by atoms with Crippen molar-refractivity contribution in [2.75, 3.05) is 0 Å². The molecule has 31 heavy (non-hydrogen) atoms. The number of aryl methyl sites for hydroxylation is 4. The van der Waals surface area contributed by atoms with Crippen molar-refractivity contribution in [3.8, 4) is 0 Å². The highest BCUT2D eigenvalue weighted by Gasteiger charge is 2.18. The Labute approximate surface area is 187 Å². The van der Waals surface area contributed by atoms with Gasteiger partial charge in [-0.2, -0.15) is 5.10 Å². The summed E-state index contributed by atoms with van der Waals surface area (Å²) in [4.78, 5) is 17.6. The molecule has 0 saturated carbocycles. The molecule has 2 heterocycles. The van der Waals surface area contributed by atoms with E-state index in [4.69, 9.17) is 16.6 Å². The summed E-state index contributed by atoms with van der Waals surface area (Å²) in [5.41, 5.74) is 8.85. The van der Waals surface area contributed by atoms with Crippen molar-refractivity contribution in [2.24, 2.45) is 0 Å². The summed E-state index contributed by atoms with van der Waals surface area (Å²) in [6.07, 6.45) is 2.37. The predicted molar refractivity (Wildman–Crippen MR) is 124 cm³/mol. The number of carbonyl (C=O) groups excluding carboxylic acids is 1. The molecule has 4 rings (SSSR count). The fraction of sp³-hybridized carbons (Fsp3) is 0.240. The van der Waals surface area contributed by atoms with E-state index in [2.05, 4.69) is 42.5 Å². The molecule has 0 saturated heterocycles.